The van der Waals surface area contributed by atoms with Crippen LogP contribution in [0.15, 0.2) is 29.2 Å². The molecular weight excluding hydrogens is 384 g/mol. The van der Waals surface area contributed by atoms with Gasteiger partial charge in [-0.25, -0.2) is 13.1 Å². The third-order valence-electron chi connectivity index (χ3n) is 7.06. The van der Waals surface area contributed by atoms with Crippen molar-refractivity contribution in [3.8, 4) is 0 Å². The highest BCUT2D eigenvalue weighted by Crippen LogP contribution is 2.53. The average Bonchev–Trinajstić information content (AvgIpc) is 2.93. The van der Waals surface area contributed by atoms with Crippen molar-refractivity contribution in [2.75, 3.05) is 33.8 Å². The van der Waals surface area contributed by atoms with E-state index in [9.17, 15) is 8.42 Å². The molecule has 0 spiro atoms. The van der Waals surface area contributed by atoms with E-state index >= 15 is 0 Å². The monoisotopic (exact) mass is 422 g/mol. The molecular formula is C23H38N2O3S. The fraction of sp³-hybridized carbons (Fsp3) is 0.739. The molecule has 1 N–H and O–H groups in total. The number of sulfonamides is 1. The normalized spacial score (nSPS) is 27.4. The van der Waals surface area contributed by atoms with Crippen molar-refractivity contribution in [1.82, 2.24) is 9.62 Å². The molecule has 0 amide bonds. The number of rotatable bonds is 11. The van der Waals surface area contributed by atoms with E-state index in [4.69, 9.17) is 4.74 Å². The van der Waals surface area contributed by atoms with Gasteiger partial charge in [0.1, 0.15) is 5.60 Å². The van der Waals surface area contributed by atoms with Crippen LogP contribution in [0.4, 0.5) is 0 Å². The lowest BCUT2D eigenvalue weighted by Crippen LogP contribution is -2.53. The number of ether oxygens (including phenoxy) is 1. The summed E-state index contributed by atoms with van der Waals surface area (Å²) < 4.78 is 33.3. The lowest BCUT2D eigenvalue weighted by molar-refractivity contribution is -0.119. The summed E-state index contributed by atoms with van der Waals surface area (Å²) in [4.78, 5) is 2.94. The molecule has 5 nitrogen and oxygen atoms in total. The number of likely N-dealkylation sites (tertiary alicyclic amines) is 1. The van der Waals surface area contributed by atoms with Gasteiger partial charge in [0, 0.05) is 32.0 Å². The van der Waals surface area contributed by atoms with Crippen LogP contribution in [0, 0.1) is 11.8 Å². The lowest BCUT2D eigenvalue weighted by atomic mass is 9.75. The second kappa shape index (κ2) is 9.90. The standard InChI is InChI=1S/C23H38N2O3S/c1-4-5-6-7-8-9-15-25-17-20-13-14-21(18-25)23(20,28-3)19-11-10-12-22(16-19)29(26,27)24-2/h10-12,16,20-21,24H,4-9,13-15,17-18H2,1-3H3. The van der Waals surface area contributed by atoms with E-state index in [2.05, 4.69) is 16.5 Å². The summed E-state index contributed by atoms with van der Waals surface area (Å²) in [5.41, 5.74) is 0.653. The smallest absolute Gasteiger partial charge is 0.240 e. The summed E-state index contributed by atoms with van der Waals surface area (Å²) in [6, 6.07) is 7.38. The fourth-order valence-corrected chi connectivity index (χ4v) is 6.34. The Morgan fingerprint density at radius 1 is 1.10 bits per heavy atom. The Balaban J connectivity index is 1.70. The quantitative estimate of drug-likeness (QED) is 0.545. The van der Waals surface area contributed by atoms with Crippen LogP contribution in [0.25, 0.3) is 0 Å². The minimum absolute atomic E-state index is 0.322. The number of fused-ring (bicyclic) bond motifs is 2. The molecule has 164 valence electrons. The minimum Gasteiger partial charge on any atom is -0.373 e. The van der Waals surface area contributed by atoms with Crippen LogP contribution in [0.1, 0.15) is 63.9 Å². The first kappa shape index (κ1) is 22.7. The topological polar surface area (TPSA) is 58.6 Å². The number of methoxy groups -OCH3 is 1. The van der Waals surface area contributed by atoms with Gasteiger partial charge in [-0.2, -0.15) is 0 Å². The van der Waals surface area contributed by atoms with E-state index in [1.807, 2.05) is 18.2 Å². The Hall–Kier alpha value is -0.950. The molecule has 2 unspecified atom stereocenters. The molecule has 1 aliphatic carbocycles. The van der Waals surface area contributed by atoms with Gasteiger partial charge in [-0.3, -0.25) is 0 Å². The van der Waals surface area contributed by atoms with Crippen molar-refractivity contribution in [2.45, 2.75) is 68.8 Å². The van der Waals surface area contributed by atoms with Gasteiger partial charge in [0.25, 0.3) is 0 Å². The molecule has 2 aliphatic rings. The minimum atomic E-state index is -3.46. The van der Waals surface area contributed by atoms with Crippen molar-refractivity contribution in [3.05, 3.63) is 29.8 Å². The number of unbranched alkanes of at least 4 members (excludes halogenated alkanes) is 5. The summed E-state index contributed by atoms with van der Waals surface area (Å²) in [6.45, 7) is 5.52. The zero-order chi connectivity index (χ0) is 20.9. The van der Waals surface area contributed by atoms with Gasteiger partial charge in [0.2, 0.25) is 10.0 Å². The van der Waals surface area contributed by atoms with Crippen LogP contribution in [-0.4, -0.2) is 47.1 Å². The van der Waals surface area contributed by atoms with Gasteiger partial charge < -0.3 is 9.64 Å². The summed E-state index contributed by atoms with van der Waals surface area (Å²) in [5, 5.41) is 0. The highest BCUT2D eigenvalue weighted by molar-refractivity contribution is 7.89. The first-order valence-electron chi connectivity index (χ1n) is 11.3. The molecule has 1 saturated heterocycles. The second-order valence-electron chi connectivity index (χ2n) is 8.73. The number of hydrogen-bond acceptors (Lipinski definition) is 4. The molecule has 0 radical (unpaired) electrons. The van der Waals surface area contributed by atoms with Crippen LogP contribution < -0.4 is 4.72 Å². The van der Waals surface area contributed by atoms with E-state index in [0.717, 1.165) is 31.5 Å². The van der Waals surface area contributed by atoms with Gasteiger partial charge >= 0.3 is 0 Å². The highest BCUT2D eigenvalue weighted by atomic mass is 32.2. The zero-order valence-corrected chi connectivity index (χ0v) is 19.1. The van der Waals surface area contributed by atoms with Crippen LogP contribution in [0.3, 0.4) is 0 Å². The lowest BCUT2D eigenvalue weighted by Gasteiger charge is -2.47. The Morgan fingerprint density at radius 2 is 1.76 bits per heavy atom. The number of hydrogen-bond donors (Lipinski definition) is 1. The third-order valence-corrected chi connectivity index (χ3v) is 8.48. The maximum atomic E-state index is 12.3. The molecule has 1 aromatic rings. The van der Waals surface area contributed by atoms with Crippen molar-refractivity contribution >= 4 is 10.0 Å². The maximum Gasteiger partial charge on any atom is 0.240 e. The van der Waals surface area contributed by atoms with Crippen LogP contribution in [-0.2, 0) is 20.4 Å². The fourth-order valence-electron chi connectivity index (χ4n) is 5.56. The molecule has 1 saturated carbocycles. The Bertz CT molecular complexity index is 751. The first-order valence-corrected chi connectivity index (χ1v) is 12.8. The molecule has 29 heavy (non-hydrogen) atoms. The van der Waals surface area contributed by atoms with Crippen LogP contribution in [0.5, 0.6) is 0 Å². The summed E-state index contributed by atoms with van der Waals surface area (Å²) >= 11 is 0. The molecule has 0 aromatic heterocycles. The molecule has 6 heteroatoms. The van der Waals surface area contributed by atoms with E-state index in [-0.39, 0.29) is 5.60 Å². The zero-order valence-electron chi connectivity index (χ0n) is 18.3. The molecule has 1 aromatic carbocycles. The van der Waals surface area contributed by atoms with Gasteiger partial charge in [0.15, 0.2) is 0 Å². The van der Waals surface area contributed by atoms with Gasteiger partial charge in [-0.05, 0) is 50.6 Å². The van der Waals surface area contributed by atoms with Crippen molar-refractivity contribution in [1.29, 1.82) is 0 Å². The number of piperidine rings is 1. The van der Waals surface area contributed by atoms with E-state index < -0.39 is 10.0 Å². The second-order valence-corrected chi connectivity index (χ2v) is 10.6. The molecule has 3 rings (SSSR count). The average molecular weight is 423 g/mol. The van der Waals surface area contributed by atoms with Crippen molar-refractivity contribution in [3.63, 3.8) is 0 Å². The predicted molar refractivity (Wildman–Crippen MR) is 117 cm³/mol. The van der Waals surface area contributed by atoms with Crippen molar-refractivity contribution in [2.24, 2.45) is 11.8 Å². The Labute approximate surface area is 177 Å². The van der Waals surface area contributed by atoms with Crippen LogP contribution >= 0.6 is 0 Å². The van der Waals surface area contributed by atoms with E-state index in [1.165, 1.54) is 52.1 Å². The highest BCUT2D eigenvalue weighted by Gasteiger charge is 2.55. The maximum absolute atomic E-state index is 12.3. The van der Waals surface area contributed by atoms with Gasteiger partial charge in [0.05, 0.1) is 4.90 Å². The SMILES string of the molecule is CCCCCCCCN1CC2CCC(C1)C2(OC)c1cccc(S(=O)(=O)NC)c1. The summed E-state index contributed by atoms with van der Waals surface area (Å²) in [6.07, 6.45) is 10.3. The number of nitrogens with zero attached hydrogens (tertiary/aromatic N) is 1. The number of nitrogens with one attached hydrogen (secondary N) is 1. The van der Waals surface area contributed by atoms with Crippen molar-refractivity contribution < 1.29 is 13.2 Å². The molecule has 1 aliphatic heterocycles. The van der Waals surface area contributed by atoms with E-state index in [1.54, 1.807) is 13.2 Å². The first-order chi connectivity index (χ1) is 14.0. The molecule has 2 atom stereocenters. The third kappa shape index (κ3) is 4.71. The largest absolute Gasteiger partial charge is 0.373 e. The van der Waals surface area contributed by atoms with Gasteiger partial charge in [-0.1, -0.05) is 51.2 Å². The summed E-state index contributed by atoms with van der Waals surface area (Å²) in [7, 11) is -0.201. The Kier molecular flexibility index (Phi) is 7.76. The van der Waals surface area contributed by atoms with Gasteiger partial charge in [-0.15, -0.1) is 0 Å². The van der Waals surface area contributed by atoms with Crippen LogP contribution in [0.2, 0.25) is 0 Å². The summed E-state index contributed by atoms with van der Waals surface area (Å²) in [5.74, 6) is 0.831. The Morgan fingerprint density at radius 3 is 2.38 bits per heavy atom. The predicted octanol–water partition coefficient (Wildman–Crippen LogP) is 4.14. The molecule has 1 heterocycles. The molecule has 2 bridgehead atoms. The van der Waals surface area contributed by atoms with E-state index in [0.29, 0.717) is 16.7 Å². The number of benzene rings is 1. The molecule has 2 fully saturated rings.